The third kappa shape index (κ3) is 4.43. The third-order valence-electron chi connectivity index (χ3n) is 3.22. The molecular weight excluding hydrogens is 264 g/mol. The number of aromatic nitrogens is 2. The van der Waals surface area contributed by atoms with Gasteiger partial charge in [-0.3, -0.25) is 0 Å². The lowest BCUT2D eigenvalue weighted by Gasteiger charge is -2.23. The standard InChI is InChI=1S/C16H22N4O/c1-3-9-16(2,21)11-18-14-10-13(17)19-15(20-14)12-7-5-4-6-8-12/h4-8,10,21H,3,9,11H2,1-2H3,(H3,17,18,19,20). The van der Waals surface area contributed by atoms with Crippen molar-refractivity contribution < 1.29 is 5.11 Å². The number of hydrogen-bond acceptors (Lipinski definition) is 5. The van der Waals surface area contributed by atoms with Crippen LogP contribution in [-0.4, -0.2) is 27.2 Å². The second-order valence-corrected chi connectivity index (χ2v) is 5.47. The van der Waals surface area contributed by atoms with Crippen molar-refractivity contribution in [2.75, 3.05) is 17.6 Å². The van der Waals surface area contributed by atoms with Crippen molar-refractivity contribution in [3.8, 4) is 11.4 Å². The summed E-state index contributed by atoms with van der Waals surface area (Å²) in [6.07, 6.45) is 1.65. The molecule has 0 aliphatic rings. The van der Waals surface area contributed by atoms with Crippen LogP contribution >= 0.6 is 0 Å². The second-order valence-electron chi connectivity index (χ2n) is 5.47. The zero-order chi connectivity index (χ0) is 15.3. The first-order valence-corrected chi connectivity index (χ1v) is 7.16. The topological polar surface area (TPSA) is 84.1 Å². The normalized spacial score (nSPS) is 13.7. The van der Waals surface area contributed by atoms with E-state index in [1.54, 1.807) is 6.07 Å². The van der Waals surface area contributed by atoms with Gasteiger partial charge in [0.25, 0.3) is 0 Å². The molecule has 0 amide bonds. The van der Waals surface area contributed by atoms with Crippen LogP contribution in [-0.2, 0) is 0 Å². The fourth-order valence-electron chi connectivity index (χ4n) is 2.18. The minimum Gasteiger partial charge on any atom is -0.388 e. The zero-order valence-corrected chi connectivity index (χ0v) is 12.5. The number of nitrogens with one attached hydrogen (secondary N) is 1. The van der Waals surface area contributed by atoms with Gasteiger partial charge in [0.1, 0.15) is 11.6 Å². The van der Waals surface area contributed by atoms with Gasteiger partial charge in [-0.25, -0.2) is 9.97 Å². The Bertz CT molecular complexity index is 584. The molecule has 1 atom stereocenters. The summed E-state index contributed by atoms with van der Waals surface area (Å²) in [5, 5.41) is 13.3. The Morgan fingerprint density at radius 1 is 1.24 bits per heavy atom. The molecule has 0 saturated heterocycles. The van der Waals surface area contributed by atoms with E-state index in [1.807, 2.05) is 44.2 Å². The van der Waals surface area contributed by atoms with E-state index in [4.69, 9.17) is 5.73 Å². The zero-order valence-electron chi connectivity index (χ0n) is 12.5. The predicted octanol–water partition coefficient (Wildman–Crippen LogP) is 2.69. The molecule has 0 spiro atoms. The maximum atomic E-state index is 10.2. The fraction of sp³-hybridized carbons (Fsp3) is 0.375. The number of rotatable bonds is 6. The number of hydrogen-bond donors (Lipinski definition) is 3. The highest BCUT2D eigenvalue weighted by Gasteiger charge is 2.19. The number of anilines is 2. The highest BCUT2D eigenvalue weighted by Crippen LogP contribution is 2.19. The number of nitrogen functional groups attached to an aromatic ring is 1. The Kier molecular flexibility index (Phi) is 4.75. The van der Waals surface area contributed by atoms with Crippen LogP contribution in [0.15, 0.2) is 36.4 Å². The molecule has 0 radical (unpaired) electrons. The highest BCUT2D eigenvalue weighted by atomic mass is 16.3. The van der Waals surface area contributed by atoms with E-state index in [-0.39, 0.29) is 0 Å². The average Bonchev–Trinajstić information content (AvgIpc) is 2.46. The van der Waals surface area contributed by atoms with Crippen LogP contribution in [0.25, 0.3) is 11.4 Å². The van der Waals surface area contributed by atoms with Gasteiger partial charge < -0.3 is 16.2 Å². The minimum atomic E-state index is -0.763. The van der Waals surface area contributed by atoms with Crippen LogP contribution in [0.3, 0.4) is 0 Å². The van der Waals surface area contributed by atoms with Gasteiger partial charge in [0.05, 0.1) is 5.60 Å². The molecule has 1 aromatic carbocycles. The molecule has 0 saturated carbocycles. The van der Waals surface area contributed by atoms with E-state index in [0.717, 1.165) is 18.4 Å². The van der Waals surface area contributed by atoms with Crippen molar-refractivity contribution in [2.45, 2.75) is 32.3 Å². The minimum absolute atomic E-state index is 0.404. The molecule has 21 heavy (non-hydrogen) atoms. The summed E-state index contributed by atoms with van der Waals surface area (Å²) in [6.45, 7) is 4.28. The molecule has 0 bridgehead atoms. The Morgan fingerprint density at radius 3 is 2.62 bits per heavy atom. The van der Waals surface area contributed by atoms with E-state index >= 15 is 0 Å². The summed E-state index contributed by atoms with van der Waals surface area (Å²) < 4.78 is 0. The molecule has 4 N–H and O–H groups in total. The molecule has 0 fully saturated rings. The van der Waals surface area contributed by atoms with Gasteiger partial charge >= 0.3 is 0 Å². The predicted molar refractivity (Wildman–Crippen MR) is 85.9 cm³/mol. The number of nitrogens with two attached hydrogens (primary N) is 1. The van der Waals surface area contributed by atoms with Crippen LogP contribution in [0.4, 0.5) is 11.6 Å². The smallest absolute Gasteiger partial charge is 0.163 e. The van der Waals surface area contributed by atoms with Crippen LogP contribution in [0.2, 0.25) is 0 Å². The van der Waals surface area contributed by atoms with Crippen molar-refractivity contribution >= 4 is 11.6 Å². The van der Waals surface area contributed by atoms with Crippen molar-refractivity contribution in [3.05, 3.63) is 36.4 Å². The van der Waals surface area contributed by atoms with Gasteiger partial charge in [0.2, 0.25) is 0 Å². The summed E-state index contributed by atoms with van der Waals surface area (Å²) in [4.78, 5) is 8.70. The van der Waals surface area contributed by atoms with Crippen LogP contribution in [0.5, 0.6) is 0 Å². The molecule has 112 valence electrons. The summed E-state index contributed by atoms with van der Waals surface area (Å²) in [7, 11) is 0. The lowest BCUT2D eigenvalue weighted by Crippen LogP contribution is -2.33. The summed E-state index contributed by atoms with van der Waals surface area (Å²) in [5.41, 5.74) is 5.99. The van der Waals surface area contributed by atoms with Crippen molar-refractivity contribution in [3.63, 3.8) is 0 Å². The van der Waals surface area contributed by atoms with Gasteiger partial charge in [-0.05, 0) is 13.3 Å². The van der Waals surface area contributed by atoms with E-state index in [0.29, 0.717) is 24.0 Å². The van der Waals surface area contributed by atoms with E-state index in [1.165, 1.54) is 0 Å². The first kappa shape index (κ1) is 15.3. The summed E-state index contributed by atoms with van der Waals surface area (Å²) >= 11 is 0. The number of nitrogens with zero attached hydrogens (tertiary/aromatic N) is 2. The molecule has 0 aliphatic carbocycles. The van der Waals surface area contributed by atoms with Crippen LogP contribution in [0.1, 0.15) is 26.7 Å². The molecule has 2 rings (SSSR count). The quantitative estimate of drug-likeness (QED) is 0.760. The van der Waals surface area contributed by atoms with Gasteiger partial charge in [0.15, 0.2) is 5.82 Å². The molecule has 1 unspecified atom stereocenters. The first-order valence-electron chi connectivity index (χ1n) is 7.16. The van der Waals surface area contributed by atoms with Gasteiger partial charge in [-0.2, -0.15) is 0 Å². The molecular formula is C16H22N4O. The van der Waals surface area contributed by atoms with Crippen molar-refractivity contribution in [1.82, 2.24) is 9.97 Å². The Hall–Kier alpha value is -2.14. The Morgan fingerprint density at radius 2 is 1.95 bits per heavy atom. The molecule has 1 heterocycles. The Labute approximate surface area is 125 Å². The van der Waals surface area contributed by atoms with E-state index < -0.39 is 5.60 Å². The summed E-state index contributed by atoms with van der Waals surface area (Å²) in [5.74, 6) is 1.60. The molecule has 5 heteroatoms. The molecule has 5 nitrogen and oxygen atoms in total. The van der Waals surface area contributed by atoms with Crippen LogP contribution < -0.4 is 11.1 Å². The highest BCUT2D eigenvalue weighted by molar-refractivity contribution is 5.60. The SMILES string of the molecule is CCCC(C)(O)CNc1cc(N)nc(-c2ccccc2)n1. The van der Waals surface area contributed by atoms with Crippen molar-refractivity contribution in [2.24, 2.45) is 0 Å². The monoisotopic (exact) mass is 286 g/mol. The molecule has 0 aliphatic heterocycles. The average molecular weight is 286 g/mol. The largest absolute Gasteiger partial charge is 0.388 e. The number of aliphatic hydroxyl groups is 1. The maximum absolute atomic E-state index is 10.2. The second kappa shape index (κ2) is 6.54. The molecule has 1 aromatic heterocycles. The maximum Gasteiger partial charge on any atom is 0.163 e. The lowest BCUT2D eigenvalue weighted by molar-refractivity contribution is 0.0636. The first-order chi connectivity index (χ1) is 10.00. The lowest BCUT2D eigenvalue weighted by atomic mass is 10.0. The summed E-state index contributed by atoms with van der Waals surface area (Å²) in [6, 6.07) is 11.4. The third-order valence-corrected chi connectivity index (χ3v) is 3.22. The van der Waals surface area contributed by atoms with Gasteiger partial charge in [0, 0.05) is 18.2 Å². The molecule has 2 aromatic rings. The van der Waals surface area contributed by atoms with Gasteiger partial charge in [-0.1, -0.05) is 43.7 Å². The van der Waals surface area contributed by atoms with Gasteiger partial charge in [-0.15, -0.1) is 0 Å². The van der Waals surface area contributed by atoms with Crippen LogP contribution in [0, 0.1) is 0 Å². The Balaban J connectivity index is 2.16. The fourth-order valence-corrected chi connectivity index (χ4v) is 2.18. The number of benzene rings is 1. The van der Waals surface area contributed by atoms with E-state index in [2.05, 4.69) is 15.3 Å². The van der Waals surface area contributed by atoms with Crippen molar-refractivity contribution in [1.29, 1.82) is 0 Å². The van der Waals surface area contributed by atoms with E-state index in [9.17, 15) is 5.11 Å².